The molecular weight excluding hydrogens is 216 g/mol. The molecule has 1 aliphatic heterocycles. The number of amidine groups is 1. The van der Waals surface area contributed by atoms with Crippen molar-refractivity contribution in [3.05, 3.63) is 0 Å². The molecule has 1 heterocycles. The number of nitrogens with zero attached hydrogens (tertiary/aromatic N) is 1. The van der Waals surface area contributed by atoms with Crippen LogP contribution in [0.15, 0.2) is 4.99 Å². The Kier molecular flexibility index (Phi) is 6.93. The van der Waals surface area contributed by atoms with Gasteiger partial charge in [-0.1, -0.05) is 51.3 Å². The van der Waals surface area contributed by atoms with Crippen molar-refractivity contribution in [3.63, 3.8) is 0 Å². The SMILES string of the molecule is CCCCCCC(C)NC1=NC(CC)CS1. The lowest BCUT2D eigenvalue weighted by atomic mass is 10.1. The van der Waals surface area contributed by atoms with Crippen LogP contribution in [0, 0.1) is 0 Å². The molecule has 0 spiro atoms. The molecule has 1 rings (SSSR count). The van der Waals surface area contributed by atoms with Crippen molar-refractivity contribution < 1.29 is 0 Å². The normalized spacial score (nSPS) is 21.9. The van der Waals surface area contributed by atoms with E-state index < -0.39 is 0 Å². The molecule has 0 fully saturated rings. The molecule has 0 saturated heterocycles. The Morgan fingerprint density at radius 3 is 2.81 bits per heavy atom. The zero-order valence-electron chi connectivity index (χ0n) is 11.0. The summed E-state index contributed by atoms with van der Waals surface area (Å²) in [7, 11) is 0. The Labute approximate surface area is 105 Å². The van der Waals surface area contributed by atoms with E-state index in [4.69, 9.17) is 0 Å². The summed E-state index contributed by atoms with van der Waals surface area (Å²) in [5.74, 6) is 1.17. The van der Waals surface area contributed by atoms with Gasteiger partial charge in [0.15, 0.2) is 5.17 Å². The Balaban J connectivity index is 2.12. The predicted octanol–water partition coefficient (Wildman–Crippen LogP) is 3.82. The molecular formula is C13H26N2S. The molecule has 0 bridgehead atoms. The lowest BCUT2D eigenvalue weighted by Crippen LogP contribution is -2.29. The number of thioether (sulfide) groups is 1. The molecule has 0 saturated carbocycles. The molecule has 0 aromatic heterocycles. The maximum absolute atomic E-state index is 4.66. The first-order chi connectivity index (χ1) is 7.76. The van der Waals surface area contributed by atoms with Crippen molar-refractivity contribution >= 4 is 16.9 Å². The van der Waals surface area contributed by atoms with Crippen LogP contribution in [0.1, 0.15) is 59.3 Å². The summed E-state index contributed by atoms with van der Waals surface area (Å²) in [6.07, 6.45) is 7.86. The van der Waals surface area contributed by atoms with Crippen molar-refractivity contribution in [2.24, 2.45) is 4.99 Å². The zero-order valence-corrected chi connectivity index (χ0v) is 11.8. The molecule has 2 nitrogen and oxygen atoms in total. The summed E-state index contributed by atoms with van der Waals surface area (Å²) in [4.78, 5) is 4.66. The fourth-order valence-corrected chi connectivity index (χ4v) is 3.03. The van der Waals surface area contributed by atoms with Gasteiger partial charge in [0.1, 0.15) is 0 Å². The van der Waals surface area contributed by atoms with Crippen LogP contribution in [0.3, 0.4) is 0 Å². The highest BCUT2D eigenvalue weighted by Crippen LogP contribution is 2.19. The van der Waals surface area contributed by atoms with Crippen LogP contribution >= 0.6 is 11.8 Å². The van der Waals surface area contributed by atoms with E-state index in [9.17, 15) is 0 Å². The summed E-state index contributed by atoms with van der Waals surface area (Å²) < 4.78 is 0. The number of rotatable bonds is 7. The van der Waals surface area contributed by atoms with Crippen LogP contribution < -0.4 is 5.32 Å². The smallest absolute Gasteiger partial charge is 0.157 e. The van der Waals surface area contributed by atoms with Gasteiger partial charge in [0.25, 0.3) is 0 Å². The molecule has 94 valence electrons. The minimum atomic E-state index is 0.555. The van der Waals surface area contributed by atoms with E-state index in [0.717, 1.165) is 0 Å². The number of unbranched alkanes of at least 4 members (excludes halogenated alkanes) is 3. The Hall–Kier alpha value is -0.180. The van der Waals surface area contributed by atoms with Gasteiger partial charge in [0, 0.05) is 11.8 Å². The van der Waals surface area contributed by atoms with Crippen LogP contribution in [0.25, 0.3) is 0 Å². The second-order valence-electron chi connectivity index (χ2n) is 4.70. The highest BCUT2D eigenvalue weighted by molar-refractivity contribution is 8.14. The summed E-state index contributed by atoms with van der Waals surface area (Å²) in [5.41, 5.74) is 0. The van der Waals surface area contributed by atoms with Crippen molar-refractivity contribution in [3.8, 4) is 0 Å². The third kappa shape index (κ3) is 5.24. The van der Waals surface area contributed by atoms with E-state index in [1.54, 1.807) is 0 Å². The fourth-order valence-electron chi connectivity index (χ4n) is 1.86. The zero-order chi connectivity index (χ0) is 11.8. The number of nitrogens with one attached hydrogen (secondary N) is 1. The topological polar surface area (TPSA) is 24.4 Å². The van der Waals surface area contributed by atoms with Gasteiger partial charge in [-0.05, 0) is 19.8 Å². The number of aliphatic imine (C=N–C) groups is 1. The number of hydrogen-bond acceptors (Lipinski definition) is 3. The molecule has 0 aromatic rings. The van der Waals surface area contributed by atoms with Crippen molar-refractivity contribution in [1.82, 2.24) is 5.32 Å². The van der Waals surface area contributed by atoms with E-state index in [1.807, 2.05) is 11.8 Å². The first-order valence-electron chi connectivity index (χ1n) is 6.73. The minimum absolute atomic E-state index is 0.555. The van der Waals surface area contributed by atoms with Crippen LogP contribution in [-0.2, 0) is 0 Å². The molecule has 1 N–H and O–H groups in total. The molecule has 0 aromatic carbocycles. The fraction of sp³-hybridized carbons (Fsp3) is 0.923. The third-order valence-electron chi connectivity index (χ3n) is 3.04. The van der Waals surface area contributed by atoms with Gasteiger partial charge in [-0.3, -0.25) is 4.99 Å². The molecule has 2 unspecified atom stereocenters. The molecule has 16 heavy (non-hydrogen) atoms. The quantitative estimate of drug-likeness (QED) is 0.686. The number of hydrogen-bond donors (Lipinski definition) is 1. The monoisotopic (exact) mass is 242 g/mol. The van der Waals surface area contributed by atoms with Gasteiger partial charge in [-0.2, -0.15) is 0 Å². The Morgan fingerprint density at radius 2 is 2.19 bits per heavy atom. The lowest BCUT2D eigenvalue weighted by molar-refractivity contribution is 0.545. The standard InChI is InChI=1S/C13H26N2S/c1-4-6-7-8-9-11(3)14-13-15-12(5-2)10-16-13/h11-12H,4-10H2,1-3H3,(H,14,15). The van der Waals surface area contributed by atoms with Crippen molar-refractivity contribution in [2.75, 3.05) is 5.75 Å². The molecule has 0 amide bonds. The first-order valence-corrected chi connectivity index (χ1v) is 7.72. The van der Waals surface area contributed by atoms with Crippen LogP contribution in [0.5, 0.6) is 0 Å². The Bertz CT molecular complexity index is 216. The Morgan fingerprint density at radius 1 is 1.38 bits per heavy atom. The lowest BCUT2D eigenvalue weighted by Gasteiger charge is -2.13. The van der Waals surface area contributed by atoms with Gasteiger partial charge in [-0.25, -0.2) is 0 Å². The molecule has 0 radical (unpaired) electrons. The van der Waals surface area contributed by atoms with Crippen molar-refractivity contribution in [1.29, 1.82) is 0 Å². The maximum atomic E-state index is 4.66. The minimum Gasteiger partial charge on any atom is -0.362 e. The van der Waals surface area contributed by atoms with E-state index in [1.165, 1.54) is 49.4 Å². The average Bonchev–Trinajstić information content (AvgIpc) is 2.72. The predicted molar refractivity (Wildman–Crippen MR) is 75.3 cm³/mol. The van der Waals surface area contributed by atoms with Crippen LogP contribution in [-0.4, -0.2) is 23.0 Å². The summed E-state index contributed by atoms with van der Waals surface area (Å²) in [5, 5.41) is 4.71. The average molecular weight is 242 g/mol. The van der Waals surface area contributed by atoms with Gasteiger partial charge in [0.05, 0.1) is 6.04 Å². The second-order valence-corrected chi connectivity index (χ2v) is 5.71. The van der Waals surface area contributed by atoms with Crippen molar-refractivity contribution in [2.45, 2.75) is 71.4 Å². The largest absolute Gasteiger partial charge is 0.362 e. The summed E-state index contributed by atoms with van der Waals surface area (Å²) in [6.45, 7) is 6.75. The molecule has 3 heteroatoms. The van der Waals surface area contributed by atoms with Gasteiger partial charge >= 0.3 is 0 Å². The van der Waals surface area contributed by atoms with E-state index in [0.29, 0.717) is 12.1 Å². The van der Waals surface area contributed by atoms with Crippen LogP contribution in [0.4, 0.5) is 0 Å². The summed E-state index contributed by atoms with van der Waals surface area (Å²) >= 11 is 1.89. The summed E-state index contributed by atoms with van der Waals surface area (Å²) in [6, 6.07) is 1.14. The van der Waals surface area contributed by atoms with Gasteiger partial charge in [-0.15, -0.1) is 0 Å². The molecule has 1 aliphatic rings. The first kappa shape index (κ1) is 13.9. The molecule has 2 atom stereocenters. The second kappa shape index (κ2) is 7.99. The maximum Gasteiger partial charge on any atom is 0.157 e. The van der Waals surface area contributed by atoms with E-state index in [2.05, 4.69) is 31.1 Å². The highest BCUT2D eigenvalue weighted by atomic mass is 32.2. The highest BCUT2D eigenvalue weighted by Gasteiger charge is 2.17. The van der Waals surface area contributed by atoms with Gasteiger partial charge in [0.2, 0.25) is 0 Å². The third-order valence-corrected chi connectivity index (χ3v) is 4.09. The van der Waals surface area contributed by atoms with E-state index in [-0.39, 0.29) is 0 Å². The van der Waals surface area contributed by atoms with E-state index >= 15 is 0 Å². The van der Waals surface area contributed by atoms with Gasteiger partial charge < -0.3 is 5.32 Å². The van der Waals surface area contributed by atoms with Crippen LogP contribution in [0.2, 0.25) is 0 Å². The molecule has 0 aliphatic carbocycles.